The van der Waals surface area contributed by atoms with Crippen LogP contribution in [-0.4, -0.2) is 27.7 Å². The van der Waals surface area contributed by atoms with E-state index in [9.17, 15) is 17.6 Å². The Bertz CT molecular complexity index is 1200. The van der Waals surface area contributed by atoms with E-state index < -0.39 is 21.7 Å². The van der Waals surface area contributed by atoms with Crippen LogP contribution in [0.4, 0.5) is 15.8 Å². The number of halogens is 1. The van der Waals surface area contributed by atoms with Gasteiger partial charge in [-0.2, -0.15) is 0 Å². The molecule has 10 heteroatoms. The van der Waals surface area contributed by atoms with Crippen LogP contribution in [0.5, 0.6) is 17.2 Å². The van der Waals surface area contributed by atoms with E-state index >= 15 is 0 Å². The van der Waals surface area contributed by atoms with Crippen LogP contribution in [0.3, 0.4) is 0 Å². The Hall–Kier alpha value is -3.79. The lowest BCUT2D eigenvalue weighted by atomic mass is 10.3. The lowest BCUT2D eigenvalue weighted by Crippen LogP contribution is -2.20. The summed E-state index contributed by atoms with van der Waals surface area (Å²) < 4.78 is 56.0. The highest BCUT2D eigenvalue weighted by Gasteiger charge is 2.16. The van der Waals surface area contributed by atoms with E-state index in [1.54, 1.807) is 18.2 Å². The Labute approximate surface area is 177 Å². The number of ether oxygens (including phenoxy) is 3. The standard InChI is InChI=1S/C21H17FN2O6S/c22-14-1-3-15(4-2-14)24-31(26,27)18-8-6-17(7-9-18)28-12-21(25)23-16-5-10-19-20(11-16)30-13-29-19/h1-11,24H,12-13H2,(H,23,25). The van der Waals surface area contributed by atoms with Crippen molar-refractivity contribution in [2.45, 2.75) is 4.90 Å². The zero-order valence-electron chi connectivity index (χ0n) is 16.0. The summed E-state index contributed by atoms with van der Waals surface area (Å²) in [7, 11) is -3.85. The molecule has 0 unspecified atom stereocenters. The maximum atomic E-state index is 13.0. The maximum absolute atomic E-state index is 13.0. The molecular weight excluding hydrogens is 427 g/mol. The van der Waals surface area contributed by atoms with Crippen molar-refractivity contribution in [3.63, 3.8) is 0 Å². The molecule has 4 rings (SSSR count). The zero-order valence-corrected chi connectivity index (χ0v) is 16.8. The first-order valence-corrected chi connectivity index (χ1v) is 10.6. The van der Waals surface area contributed by atoms with E-state index in [1.807, 2.05) is 0 Å². The van der Waals surface area contributed by atoms with E-state index in [2.05, 4.69) is 10.0 Å². The number of carbonyl (C=O) groups excluding carboxylic acids is 1. The quantitative estimate of drug-likeness (QED) is 0.579. The molecule has 0 atom stereocenters. The number of amides is 1. The molecule has 160 valence electrons. The summed E-state index contributed by atoms with van der Waals surface area (Å²) in [6.45, 7) is -0.130. The van der Waals surface area contributed by atoms with E-state index in [1.165, 1.54) is 36.4 Å². The van der Waals surface area contributed by atoms with Gasteiger partial charge in [0.2, 0.25) is 6.79 Å². The van der Waals surface area contributed by atoms with Gasteiger partial charge in [-0.25, -0.2) is 12.8 Å². The third kappa shape index (κ3) is 5.04. The average Bonchev–Trinajstić information content (AvgIpc) is 3.22. The van der Waals surface area contributed by atoms with Crippen molar-refractivity contribution in [2.75, 3.05) is 23.4 Å². The number of carbonyl (C=O) groups is 1. The number of hydrogen-bond donors (Lipinski definition) is 2. The highest BCUT2D eigenvalue weighted by atomic mass is 32.2. The van der Waals surface area contributed by atoms with Crippen molar-refractivity contribution in [1.82, 2.24) is 0 Å². The summed E-state index contributed by atoms with van der Waals surface area (Å²) >= 11 is 0. The van der Waals surface area contributed by atoms with Gasteiger partial charge < -0.3 is 19.5 Å². The molecule has 1 aliphatic rings. The van der Waals surface area contributed by atoms with Crippen LogP contribution in [0.15, 0.2) is 71.6 Å². The molecule has 0 saturated heterocycles. The number of sulfonamides is 1. The zero-order chi connectivity index (χ0) is 21.8. The number of fused-ring (bicyclic) bond motifs is 1. The second-order valence-electron chi connectivity index (χ2n) is 6.49. The van der Waals surface area contributed by atoms with Gasteiger partial charge in [0, 0.05) is 17.4 Å². The molecule has 1 amide bonds. The first-order chi connectivity index (χ1) is 14.9. The van der Waals surface area contributed by atoms with Crippen LogP contribution >= 0.6 is 0 Å². The molecule has 0 radical (unpaired) electrons. The minimum Gasteiger partial charge on any atom is -0.484 e. The highest BCUT2D eigenvalue weighted by molar-refractivity contribution is 7.92. The summed E-state index contributed by atoms with van der Waals surface area (Å²) in [5, 5.41) is 2.68. The normalized spacial score (nSPS) is 12.3. The van der Waals surface area contributed by atoms with Crippen molar-refractivity contribution >= 4 is 27.3 Å². The van der Waals surface area contributed by atoms with Crippen molar-refractivity contribution in [1.29, 1.82) is 0 Å². The molecule has 0 saturated carbocycles. The Balaban J connectivity index is 1.32. The molecule has 0 fully saturated rings. The third-order valence-corrected chi connectivity index (χ3v) is 5.65. The number of rotatable bonds is 7. The molecule has 31 heavy (non-hydrogen) atoms. The minimum atomic E-state index is -3.85. The lowest BCUT2D eigenvalue weighted by molar-refractivity contribution is -0.118. The first-order valence-electron chi connectivity index (χ1n) is 9.10. The van der Waals surface area contributed by atoms with Crippen molar-refractivity contribution in [2.24, 2.45) is 0 Å². The van der Waals surface area contributed by atoms with Gasteiger partial charge in [-0.15, -0.1) is 0 Å². The van der Waals surface area contributed by atoms with Crippen LogP contribution in [0.25, 0.3) is 0 Å². The summed E-state index contributed by atoms with van der Waals surface area (Å²) in [5.41, 5.74) is 0.771. The minimum absolute atomic E-state index is 0.00557. The predicted octanol–water partition coefficient (Wildman–Crippen LogP) is 3.37. The monoisotopic (exact) mass is 444 g/mol. The number of benzene rings is 3. The van der Waals surface area contributed by atoms with Gasteiger partial charge in [0.15, 0.2) is 18.1 Å². The van der Waals surface area contributed by atoms with Gasteiger partial charge in [0.25, 0.3) is 15.9 Å². The second-order valence-corrected chi connectivity index (χ2v) is 8.17. The summed E-state index contributed by atoms with van der Waals surface area (Å²) in [4.78, 5) is 12.1. The number of hydrogen-bond acceptors (Lipinski definition) is 6. The third-order valence-electron chi connectivity index (χ3n) is 4.26. The second kappa shape index (κ2) is 8.52. The molecule has 1 heterocycles. The Morgan fingerprint density at radius 2 is 1.61 bits per heavy atom. The van der Waals surface area contributed by atoms with Gasteiger partial charge >= 0.3 is 0 Å². The topological polar surface area (TPSA) is 103 Å². The van der Waals surface area contributed by atoms with Crippen LogP contribution in [0.2, 0.25) is 0 Å². The molecule has 0 aromatic heterocycles. The number of anilines is 2. The fraction of sp³-hybridized carbons (Fsp3) is 0.0952. The number of nitrogens with one attached hydrogen (secondary N) is 2. The van der Waals surface area contributed by atoms with E-state index in [0.717, 1.165) is 12.1 Å². The average molecular weight is 444 g/mol. The van der Waals surface area contributed by atoms with Crippen LogP contribution < -0.4 is 24.2 Å². The van der Waals surface area contributed by atoms with Gasteiger partial charge in [0.1, 0.15) is 11.6 Å². The molecule has 3 aromatic carbocycles. The molecule has 2 N–H and O–H groups in total. The largest absolute Gasteiger partial charge is 0.484 e. The lowest BCUT2D eigenvalue weighted by Gasteiger charge is -2.10. The molecular formula is C21H17FN2O6S. The first kappa shape index (κ1) is 20.5. The van der Waals surface area contributed by atoms with Gasteiger partial charge in [-0.1, -0.05) is 0 Å². The van der Waals surface area contributed by atoms with E-state index in [0.29, 0.717) is 22.9 Å². The van der Waals surface area contributed by atoms with E-state index in [4.69, 9.17) is 14.2 Å². The summed E-state index contributed by atoms with van der Waals surface area (Å²) in [6, 6.07) is 15.5. The van der Waals surface area contributed by atoms with Crippen LogP contribution in [-0.2, 0) is 14.8 Å². The van der Waals surface area contributed by atoms with Crippen molar-refractivity contribution in [3.8, 4) is 17.2 Å². The Kier molecular flexibility index (Phi) is 5.63. The Morgan fingerprint density at radius 3 is 2.35 bits per heavy atom. The fourth-order valence-electron chi connectivity index (χ4n) is 2.77. The Morgan fingerprint density at radius 1 is 0.935 bits per heavy atom. The smallest absolute Gasteiger partial charge is 0.262 e. The molecule has 0 bridgehead atoms. The molecule has 8 nitrogen and oxygen atoms in total. The molecule has 0 aliphatic carbocycles. The fourth-order valence-corrected chi connectivity index (χ4v) is 3.83. The van der Waals surface area contributed by atoms with Crippen molar-refractivity contribution < 1.29 is 31.8 Å². The van der Waals surface area contributed by atoms with Gasteiger partial charge in [0.05, 0.1) is 4.90 Å². The van der Waals surface area contributed by atoms with Crippen molar-refractivity contribution in [3.05, 3.63) is 72.5 Å². The van der Waals surface area contributed by atoms with Crippen LogP contribution in [0, 0.1) is 5.82 Å². The highest BCUT2D eigenvalue weighted by Crippen LogP contribution is 2.34. The molecule has 3 aromatic rings. The molecule has 1 aliphatic heterocycles. The summed E-state index contributed by atoms with van der Waals surface area (Å²) in [6.07, 6.45) is 0. The SMILES string of the molecule is O=C(COc1ccc(S(=O)(=O)Nc2ccc(F)cc2)cc1)Nc1ccc2c(c1)OCO2. The van der Waals surface area contributed by atoms with Gasteiger partial charge in [-0.05, 0) is 60.7 Å². The summed E-state index contributed by atoms with van der Waals surface area (Å²) in [5.74, 6) is 0.616. The maximum Gasteiger partial charge on any atom is 0.262 e. The van der Waals surface area contributed by atoms with Gasteiger partial charge in [-0.3, -0.25) is 9.52 Å². The van der Waals surface area contributed by atoms with E-state index in [-0.39, 0.29) is 24.0 Å². The molecule has 0 spiro atoms. The van der Waals surface area contributed by atoms with Crippen LogP contribution in [0.1, 0.15) is 0 Å². The predicted molar refractivity (Wildman–Crippen MR) is 110 cm³/mol.